The molecule has 1 aliphatic heterocycles. The van der Waals surface area contributed by atoms with Gasteiger partial charge in [-0.05, 0) is 56.3 Å². The SMILES string of the molecule is O=C(O)c1ccnc(CCCCC2CCCN2Cc2ccccc2)c1. The van der Waals surface area contributed by atoms with Gasteiger partial charge in [0.1, 0.15) is 0 Å². The minimum absolute atomic E-state index is 0.329. The van der Waals surface area contributed by atoms with E-state index in [9.17, 15) is 4.79 Å². The Kier molecular flexibility index (Phi) is 6.18. The number of unbranched alkanes of at least 4 members (excludes halogenated alkanes) is 1. The highest BCUT2D eigenvalue weighted by atomic mass is 16.4. The van der Waals surface area contributed by atoms with Crippen LogP contribution in [0.25, 0.3) is 0 Å². The maximum Gasteiger partial charge on any atom is 0.335 e. The van der Waals surface area contributed by atoms with Gasteiger partial charge < -0.3 is 5.11 Å². The molecule has 1 aromatic carbocycles. The first-order chi connectivity index (χ1) is 12.2. The Balaban J connectivity index is 1.43. The Bertz CT molecular complexity index is 687. The fourth-order valence-corrected chi connectivity index (χ4v) is 3.68. The molecule has 0 aliphatic carbocycles. The average molecular weight is 338 g/mol. The summed E-state index contributed by atoms with van der Waals surface area (Å²) in [6, 6.07) is 14.6. The molecule has 1 fully saturated rings. The molecule has 0 radical (unpaired) electrons. The van der Waals surface area contributed by atoms with Crippen molar-refractivity contribution in [1.29, 1.82) is 0 Å². The third-order valence-corrected chi connectivity index (χ3v) is 5.01. The minimum Gasteiger partial charge on any atom is -0.478 e. The second-order valence-electron chi connectivity index (χ2n) is 6.84. The zero-order valence-electron chi connectivity index (χ0n) is 14.6. The molecule has 1 unspecified atom stereocenters. The van der Waals surface area contributed by atoms with Gasteiger partial charge in [0.05, 0.1) is 5.56 Å². The Morgan fingerprint density at radius 1 is 1.20 bits per heavy atom. The van der Waals surface area contributed by atoms with Crippen LogP contribution in [0, 0.1) is 0 Å². The van der Waals surface area contributed by atoms with Crippen molar-refractivity contribution in [2.45, 2.75) is 51.1 Å². The minimum atomic E-state index is -0.883. The second-order valence-corrected chi connectivity index (χ2v) is 6.84. The van der Waals surface area contributed by atoms with Gasteiger partial charge in [0.2, 0.25) is 0 Å². The Hall–Kier alpha value is -2.20. The van der Waals surface area contributed by atoms with E-state index in [4.69, 9.17) is 5.11 Å². The Labute approximate surface area is 149 Å². The predicted octanol–water partition coefficient (Wildman–Crippen LogP) is 4.16. The molecule has 1 atom stereocenters. The number of benzene rings is 1. The lowest BCUT2D eigenvalue weighted by Gasteiger charge is -2.24. The van der Waals surface area contributed by atoms with Crippen LogP contribution in [-0.2, 0) is 13.0 Å². The summed E-state index contributed by atoms with van der Waals surface area (Å²) in [7, 11) is 0. The normalized spacial score (nSPS) is 17.7. The van der Waals surface area contributed by atoms with Crippen molar-refractivity contribution < 1.29 is 9.90 Å². The van der Waals surface area contributed by atoms with Crippen molar-refractivity contribution in [3.05, 3.63) is 65.5 Å². The number of aromatic nitrogens is 1. The molecule has 0 spiro atoms. The predicted molar refractivity (Wildman–Crippen MR) is 98.6 cm³/mol. The van der Waals surface area contributed by atoms with E-state index in [1.165, 1.54) is 31.4 Å². The van der Waals surface area contributed by atoms with E-state index in [2.05, 4.69) is 40.2 Å². The first-order valence-electron chi connectivity index (χ1n) is 9.18. The molecule has 0 bridgehead atoms. The van der Waals surface area contributed by atoms with Crippen LogP contribution in [0.15, 0.2) is 48.7 Å². The van der Waals surface area contributed by atoms with E-state index in [1.807, 2.05) is 0 Å². The molecule has 1 aromatic heterocycles. The van der Waals surface area contributed by atoms with Gasteiger partial charge in [0.25, 0.3) is 0 Å². The topological polar surface area (TPSA) is 53.4 Å². The maximum atomic E-state index is 11.0. The van der Waals surface area contributed by atoms with Gasteiger partial charge in [-0.25, -0.2) is 4.79 Å². The molecule has 2 aromatic rings. The summed E-state index contributed by atoms with van der Waals surface area (Å²) in [6.45, 7) is 2.25. The molecule has 25 heavy (non-hydrogen) atoms. The molecule has 4 nitrogen and oxygen atoms in total. The fraction of sp³-hybridized carbons (Fsp3) is 0.429. The van der Waals surface area contributed by atoms with Crippen molar-refractivity contribution >= 4 is 5.97 Å². The van der Waals surface area contributed by atoms with Crippen molar-refractivity contribution in [2.24, 2.45) is 0 Å². The van der Waals surface area contributed by atoms with Crippen LogP contribution in [0.3, 0.4) is 0 Å². The lowest BCUT2D eigenvalue weighted by molar-refractivity contribution is 0.0696. The van der Waals surface area contributed by atoms with E-state index in [0.29, 0.717) is 11.6 Å². The van der Waals surface area contributed by atoms with Gasteiger partial charge in [-0.2, -0.15) is 0 Å². The van der Waals surface area contributed by atoms with Crippen LogP contribution in [0.5, 0.6) is 0 Å². The highest BCUT2D eigenvalue weighted by Gasteiger charge is 2.23. The van der Waals surface area contributed by atoms with E-state index in [0.717, 1.165) is 31.5 Å². The number of carboxylic acids is 1. The standard InChI is InChI=1S/C21H26N2O2/c24-21(25)18-12-13-22-19(15-18)9-4-5-10-20-11-6-14-23(20)16-17-7-2-1-3-8-17/h1-3,7-8,12-13,15,20H,4-6,9-11,14,16H2,(H,24,25). The molecule has 1 saturated heterocycles. The molecule has 1 aliphatic rings. The summed E-state index contributed by atoms with van der Waals surface area (Å²) in [4.78, 5) is 17.9. The number of hydrogen-bond acceptors (Lipinski definition) is 3. The van der Waals surface area contributed by atoms with Crippen molar-refractivity contribution in [2.75, 3.05) is 6.54 Å². The fourth-order valence-electron chi connectivity index (χ4n) is 3.68. The van der Waals surface area contributed by atoms with Crippen molar-refractivity contribution in [3.63, 3.8) is 0 Å². The maximum absolute atomic E-state index is 11.0. The first-order valence-corrected chi connectivity index (χ1v) is 9.18. The summed E-state index contributed by atoms with van der Waals surface area (Å²) in [5.41, 5.74) is 2.60. The molecule has 0 amide bonds. The Morgan fingerprint density at radius 2 is 2.04 bits per heavy atom. The molecule has 0 saturated carbocycles. The summed E-state index contributed by atoms with van der Waals surface area (Å²) in [5.74, 6) is -0.883. The quantitative estimate of drug-likeness (QED) is 0.735. The zero-order valence-corrected chi connectivity index (χ0v) is 14.6. The van der Waals surface area contributed by atoms with E-state index < -0.39 is 5.97 Å². The number of likely N-dealkylation sites (tertiary alicyclic amines) is 1. The molecule has 2 heterocycles. The number of pyridine rings is 1. The lowest BCUT2D eigenvalue weighted by Crippen LogP contribution is -2.28. The van der Waals surface area contributed by atoms with E-state index in [-0.39, 0.29) is 0 Å². The molecular formula is C21H26N2O2. The van der Waals surface area contributed by atoms with E-state index >= 15 is 0 Å². The molecule has 1 N–H and O–H groups in total. The van der Waals surface area contributed by atoms with Gasteiger partial charge in [0.15, 0.2) is 0 Å². The molecule has 4 heteroatoms. The summed E-state index contributed by atoms with van der Waals surface area (Å²) < 4.78 is 0. The number of carboxylic acid groups (broad SMARTS) is 1. The van der Waals surface area contributed by atoms with Crippen LogP contribution >= 0.6 is 0 Å². The van der Waals surface area contributed by atoms with Gasteiger partial charge >= 0.3 is 5.97 Å². The number of nitrogens with zero attached hydrogens (tertiary/aromatic N) is 2. The third-order valence-electron chi connectivity index (χ3n) is 5.01. The zero-order chi connectivity index (χ0) is 17.5. The summed E-state index contributed by atoms with van der Waals surface area (Å²) in [5, 5.41) is 9.04. The van der Waals surface area contributed by atoms with Crippen molar-refractivity contribution in [1.82, 2.24) is 9.88 Å². The lowest BCUT2D eigenvalue weighted by atomic mass is 10.0. The first kappa shape index (κ1) is 17.6. The van der Waals surface area contributed by atoms with Crippen molar-refractivity contribution in [3.8, 4) is 0 Å². The van der Waals surface area contributed by atoms with Crippen LogP contribution in [0.1, 0.15) is 53.7 Å². The number of rotatable bonds is 8. The van der Waals surface area contributed by atoms with Gasteiger partial charge in [-0.1, -0.05) is 36.8 Å². The largest absolute Gasteiger partial charge is 0.478 e. The summed E-state index contributed by atoms with van der Waals surface area (Å²) in [6.07, 6.45) is 8.47. The van der Waals surface area contributed by atoms with Crippen LogP contribution in [0.2, 0.25) is 0 Å². The summed E-state index contributed by atoms with van der Waals surface area (Å²) >= 11 is 0. The van der Waals surface area contributed by atoms with Gasteiger partial charge in [-0.3, -0.25) is 9.88 Å². The number of hydrogen-bond donors (Lipinski definition) is 1. The van der Waals surface area contributed by atoms with Crippen LogP contribution in [0.4, 0.5) is 0 Å². The van der Waals surface area contributed by atoms with E-state index in [1.54, 1.807) is 18.3 Å². The average Bonchev–Trinajstić information content (AvgIpc) is 3.07. The molecule has 132 valence electrons. The monoisotopic (exact) mass is 338 g/mol. The highest BCUT2D eigenvalue weighted by molar-refractivity contribution is 5.87. The number of aromatic carboxylic acids is 1. The van der Waals surface area contributed by atoms with Crippen LogP contribution < -0.4 is 0 Å². The third kappa shape index (κ3) is 5.13. The van der Waals surface area contributed by atoms with Gasteiger partial charge in [0, 0.05) is 24.5 Å². The number of carbonyl (C=O) groups is 1. The molecular weight excluding hydrogens is 312 g/mol. The van der Waals surface area contributed by atoms with Gasteiger partial charge in [-0.15, -0.1) is 0 Å². The number of aryl methyl sites for hydroxylation is 1. The highest BCUT2D eigenvalue weighted by Crippen LogP contribution is 2.24. The van der Waals surface area contributed by atoms with Crippen LogP contribution in [-0.4, -0.2) is 33.5 Å². The smallest absolute Gasteiger partial charge is 0.335 e. The second kappa shape index (κ2) is 8.77. The molecule has 3 rings (SSSR count). The Morgan fingerprint density at radius 3 is 2.84 bits per heavy atom.